The van der Waals surface area contributed by atoms with Crippen LogP contribution < -0.4 is 5.32 Å². The fraction of sp³-hybridized carbons (Fsp3) is 0.857. The van der Waals surface area contributed by atoms with E-state index in [1.165, 1.54) is 33.3 Å². The first kappa shape index (κ1) is 17.9. The molecule has 0 spiro atoms. The molecule has 0 aromatic carbocycles. The third-order valence-electron chi connectivity index (χ3n) is 2.87. The first-order valence-electron chi connectivity index (χ1n) is 6.97. The number of carbonyl (C=O) groups excluding carboxylic acids is 2. The second-order valence-electron chi connectivity index (χ2n) is 4.77. The van der Waals surface area contributed by atoms with Crippen molar-refractivity contribution in [1.29, 1.82) is 0 Å². The molecule has 0 aliphatic carbocycles. The normalized spacial score (nSPS) is 13.7. The summed E-state index contributed by atoms with van der Waals surface area (Å²) in [6.45, 7) is 5.67. The molecule has 0 saturated heterocycles. The number of carbonyl (C=O) groups is 2. The summed E-state index contributed by atoms with van der Waals surface area (Å²) in [5, 5.41) is 2.52. The van der Waals surface area contributed by atoms with Crippen molar-refractivity contribution in [2.75, 3.05) is 13.7 Å². The highest BCUT2D eigenvalue weighted by atomic mass is 16.5. The Balaban J connectivity index is 3.95. The molecule has 0 radical (unpaired) electrons. The number of unbranched alkanes of at least 4 members (excludes halogenated alkanes) is 3. The van der Waals surface area contributed by atoms with E-state index >= 15 is 0 Å². The molecule has 0 aliphatic heterocycles. The van der Waals surface area contributed by atoms with Gasteiger partial charge in [0.2, 0.25) is 5.91 Å². The third kappa shape index (κ3) is 9.47. The van der Waals surface area contributed by atoms with E-state index in [0.29, 0.717) is 0 Å². The van der Waals surface area contributed by atoms with E-state index < -0.39 is 12.0 Å². The molecule has 2 unspecified atom stereocenters. The molecular formula is C14H27NO4. The van der Waals surface area contributed by atoms with Crippen LogP contribution >= 0.6 is 0 Å². The highest BCUT2D eigenvalue weighted by molar-refractivity contribution is 5.83. The van der Waals surface area contributed by atoms with Crippen molar-refractivity contribution < 1.29 is 19.1 Å². The lowest BCUT2D eigenvalue weighted by molar-refractivity contribution is -0.147. The van der Waals surface area contributed by atoms with Gasteiger partial charge in [-0.1, -0.05) is 32.6 Å². The summed E-state index contributed by atoms with van der Waals surface area (Å²) in [6.07, 6.45) is 5.83. The maximum absolute atomic E-state index is 11.4. The van der Waals surface area contributed by atoms with Gasteiger partial charge in [-0.15, -0.1) is 0 Å². The molecule has 0 saturated carbocycles. The molecule has 112 valence electrons. The van der Waals surface area contributed by atoms with Crippen LogP contribution in [0.2, 0.25) is 0 Å². The number of hydrogen-bond acceptors (Lipinski definition) is 4. The summed E-state index contributed by atoms with van der Waals surface area (Å²) >= 11 is 0. The lowest BCUT2D eigenvalue weighted by atomic mass is 10.1. The lowest BCUT2D eigenvalue weighted by Crippen LogP contribution is -2.44. The van der Waals surface area contributed by atoms with E-state index in [1.54, 1.807) is 0 Å². The fourth-order valence-electron chi connectivity index (χ4n) is 1.76. The highest BCUT2D eigenvalue weighted by Gasteiger charge is 2.21. The molecule has 0 aromatic rings. The zero-order valence-corrected chi connectivity index (χ0v) is 12.5. The quantitative estimate of drug-likeness (QED) is 0.488. The van der Waals surface area contributed by atoms with Crippen molar-refractivity contribution in [2.24, 2.45) is 0 Å². The van der Waals surface area contributed by atoms with Gasteiger partial charge in [0, 0.05) is 6.92 Å². The van der Waals surface area contributed by atoms with Gasteiger partial charge in [0.15, 0.2) is 6.04 Å². The van der Waals surface area contributed by atoms with Crippen LogP contribution in [0.4, 0.5) is 0 Å². The number of amides is 1. The van der Waals surface area contributed by atoms with Crippen molar-refractivity contribution in [3.05, 3.63) is 0 Å². The molecule has 0 bridgehead atoms. The van der Waals surface area contributed by atoms with Gasteiger partial charge >= 0.3 is 5.97 Å². The van der Waals surface area contributed by atoms with Crippen molar-refractivity contribution in [3.8, 4) is 0 Å². The monoisotopic (exact) mass is 273 g/mol. The fourth-order valence-corrected chi connectivity index (χ4v) is 1.76. The number of ether oxygens (including phenoxy) is 2. The van der Waals surface area contributed by atoms with E-state index in [4.69, 9.17) is 4.74 Å². The lowest BCUT2D eigenvalue weighted by Gasteiger charge is -2.19. The van der Waals surface area contributed by atoms with E-state index in [0.717, 1.165) is 12.8 Å². The molecule has 0 fully saturated rings. The third-order valence-corrected chi connectivity index (χ3v) is 2.87. The number of rotatable bonds is 10. The summed E-state index contributed by atoms with van der Waals surface area (Å²) < 4.78 is 10.2. The smallest absolute Gasteiger partial charge is 0.330 e. The van der Waals surface area contributed by atoms with Crippen LogP contribution in [-0.2, 0) is 19.1 Å². The van der Waals surface area contributed by atoms with Gasteiger partial charge in [0.05, 0.1) is 19.8 Å². The molecule has 1 amide bonds. The SMILES string of the molecule is CCCCCCC(C)OCC(NC(C)=O)C(=O)OC. The van der Waals surface area contributed by atoms with Crippen LogP contribution in [0, 0.1) is 0 Å². The summed E-state index contributed by atoms with van der Waals surface area (Å²) in [4.78, 5) is 22.4. The standard InChI is InChI=1S/C14H27NO4/c1-5-6-7-8-9-11(2)19-10-13(14(17)18-4)15-12(3)16/h11,13H,5-10H2,1-4H3,(H,15,16). The zero-order valence-electron chi connectivity index (χ0n) is 12.5. The molecule has 5 heteroatoms. The van der Waals surface area contributed by atoms with Crippen LogP contribution in [0.25, 0.3) is 0 Å². The average Bonchev–Trinajstić information content (AvgIpc) is 2.38. The van der Waals surface area contributed by atoms with Gasteiger partial charge in [-0.05, 0) is 13.3 Å². The Labute approximate surface area is 116 Å². The average molecular weight is 273 g/mol. The van der Waals surface area contributed by atoms with E-state index in [-0.39, 0.29) is 18.6 Å². The number of hydrogen-bond donors (Lipinski definition) is 1. The largest absolute Gasteiger partial charge is 0.467 e. The van der Waals surface area contributed by atoms with E-state index in [9.17, 15) is 9.59 Å². The Kier molecular flexibility index (Phi) is 10.2. The Bertz CT molecular complexity index is 268. The minimum absolute atomic E-state index is 0.0813. The summed E-state index contributed by atoms with van der Waals surface area (Å²) in [5.74, 6) is -0.747. The van der Waals surface area contributed by atoms with E-state index in [2.05, 4.69) is 17.0 Å². The molecule has 0 rings (SSSR count). The zero-order chi connectivity index (χ0) is 14.7. The molecular weight excluding hydrogens is 246 g/mol. The number of esters is 1. The minimum atomic E-state index is -0.722. The maximum Gasteiger partial charge on any atom is 0.330 e. The topological polar surface area (TPSA) is 64.6 Å². The van der Waals surface area contributed by atoms with Crippen molar-refractivity contribution in [2.45, 2.75) is 65.0 Å². The van der Waals surface area contributed by atoms with Gasteiger partial charge in [0.1, 0.15) is 0 Å². The van der Waals surface area contributed by atoms with Crippen LogP contribution in [0.1, 0.15) is 52.9 Å². The Hall–Kier alpha value is -1.10. The first-order valence-corrected chi connectivity index (χ1v) is 6.97. The second kappa shape index (κ2) is 10.8. The van der Waals surface area contributed by atoms with E-state index in [1.807, 2.05) is 6.92 Å². The predicted molar refractivity (Wildman–Crippen MR) is 73.8 cm³/mol. The van der Waals surface area contributed by atoms with Gasteiger partial charge in [-0.2, -0.15) is 0 Å². The summed E-state index contributed by atoms with van der Waals surface area (Å²) in [7, 11) is 1.30. The molecule has 19 heavy (non-hydrogen) atoms. The number of nitrogens with one attached hydrogen (secondary N) is 1. The molecule has 5 nitrogen and oxygen atoms in total. The van der Waals surface area contributed by atoms with Gasteiger partial charge in [-0.3, -0.25) is 4.79 Å². The van der Waals surface area contributed by atoms with Crippen LogP contribution in [0.3, 0.4) is 0 Å². The molecule has 1 N–H and O–H groups in total. The molecule has 0 heterocycles. The maximum atomic E-state index is 11.4. The van der Waals surface area contributed by atoms with Crippen LogP contribution in [0.5, 0.6) is 0 Å². The van der Waals surface area contributed by atoms with Crippen molar-refractivity contribution in [3.63, 3.8) is 0 Å². The van der Waals surface area contributed by atoms with Crippen molar-refractivity contribution >= 4 is 11.9 Å². The van der Waals surface area contributed by atoms with Crippen LogP contribution in [-0.4, -0.2) is 37.7 Å². The predicted octanol–water partition coefficient (Wildman–Crippen LogP) is 2.04. The summed E-state index contributed by atoms with van der Waals surface area (Å²) in [5.41, 5.74) is 0. The Morgan fingerprint density at radius 3 is 2.42 bits per heavy atom. The van der Waals surface area contributed by atoms with Gasteiger partial charge < -0.3 is 14.8 Å². The molecule has 0 aliphatic rings. The number of methoxy groups -OCH3 is 1. The molecule has 0 aromatic heterocycles. The minimum Gasteiger partial charge on any atom is -0.467 e. The summed E-state index contributed by atoms with van der Waals surface area (Å²) in [6, 6.07) is -0.722. The molecule has 2 atom stereocenters. The van der Waals surface area contributed by atoms with Crippen LogP contribution in [0.15, 0.2) is 0 Å². The second-order valence-corrected chi connectivity index (χ2v) is 4.77. The van der Waals surface area contributed by atoms with Gasteiger partial charge in [0.25, 0.3) is 0 Å². The van der Waals surface area contributed by atoms with Gasteiger partial charge in [-0.25, -0.2) is 4.79 Å². The first-order chi connectivity index (χ1) is 9.01. The Morgan fingerprint density at radius 2 is 1.89 bits per heavy atom. The van der Waals surface area contributed by atoms with Crippen molar-refractivity contribution in [1.82, 2.24) is 5.32 Å². The Morgan fingerprint density at radius 1 is 1.21 bits per heavy atom. The highest BCUT2D eigenvalue weighted by Crippen LogP contribution is 2.08.